The Morgan fingerprint density at radius 3 is 1.97 bits per heavy atom. The Morgan fingerprint density at radius 2 is 1.48 bits per heavy atom. The summed E-state index contributed by atoms with van der Waals surface area (Å²) in [6.07, 6.45) is -0.944. The highest BCUT2D eigenvalue weighted by molar-refractivity contribution is 7.85. The fraction of sp³-hybridized carbons (Fsp3) is 0.400. The first-order valence-corrected chi connectivity index (χ1v) is 9.69. The van der Waals surface area contributed by atoms with Crippen LogP contribution in [0.15, 0.2) is 0 Å². The highest BCUT2D eigenvalue weighted by Crippen LogP contribution is 2.16. The molecule has 8 radical (unpaired) electrons. The molecule has 0 spiro atoms. The van der Waals surface area contributed by atoms with Gasteiger partial charge in [-0.1, -0.05) is 29.1 Å². The summed E-state index contributed by atoms with van der Waals surface area (Å²) in [4.78, 5) is 35.5. The van der Waals surface area contributed by atoms with Gasteiger partial charge in [0.25, 0.3) is 10.1 Å². The van der Waals surface area contributed by atoms with Gasteiger partial charge in [0.15, 0.2) is 0 Å². The van der Waals surface area contributed by atoms with Crippen molar-refractivity contribution in [1.29, 1.82) is 0 Å². The molecule has 0 atom stereocenters. The maximum atomic E-state index is 12.4. The lowest BCUT2D eigenvalue weighted by molar-refractivity contribution is -0.143. The van der Waals surface area contributed by atoms with Crippen LogP contribution in [-0.4, -0.2) is 86.3 Å². The van der Waals surface area contributed by atoms with Crippen LogP contribution in [0.25, 0.3) is 0 Å². The van der Waals surface area contributed by atoms with Gasteiger partial charge in [0.1, 0.15) is 34.7 Å². The number of hydrogen-bond acceptors (Lipinski definition) is 7. The Hall–Kier alpha value is -2.20. The quantitative estimate of drug-likeness (QED) is 0.237. The van der Waals surface area contributed by atoms with Crippen molar-refractivity contribution in [3.63, 3.8) is 0 Å². The molecule has 0 heterocycles. The first kappa shape index (κ1) is 24.8. The normalized spacial score (nSPS) is 11.1. The zero-order valence-corrected chi connectivity index (χ0v) is 16.0. The van der Waals surface area contributed by atoms with E-state index in [4.69, 9.17) is 40.7 Å². The predicted molar refractivity (Wildman–Crippen MR) is 105 cm³/mol. The van der Waals surface area contributed by atoms with E-state index in [9.17, 15) is 27.9 Å². The van der Waals surface area contributed by atoms with Gasteiger partial charge < -0.3 is 14.6 Å². The first-order chi connectivity index (χ1) is 13.4. The third-order valence-electron chi connectivity index (χ3n) is 3.77. The van der Waals surface area contributed by atoms with E-state index in [1.807, 2.05) is 0 Å². The van der Waals surface area contributed by atoms with E-state index in [2.05, 4.69) is 4.74 Å². The fourth-order valence-corrected chi connectivity index (χ4v) is 2.70. The van der Waals surface area contributed by atoms with E-state index in [0.717, 1.165) is 0 Å². The van der Waals surface area contributed by atoms with Crippen LogP contribution in [0, 0.1) is 0 Å². The maximum Gasteiger partial charge on any atom is 0.339 e. The van der Waals surface area contributed by atoms with E-state index in [0.29, 0.717) is 0 Å². The van der Waals surface area contributed by atoms with Crippen molar-refractivity contribution >= 4 is 70.3 Å². The number of aromatic carboxylic acids is 1. The summed E-state index contributed by atoms with van der Waals surface area (Å²) in [6.45, 7) is -1.09. The molecule has 1 rings (SSSR count). The molecule has 14 heteroatoms. The Labute approximate surface area is 172 Å². The second-order valence-corrected chi connectivity index (χ2v) is 7.21. The van der Waals surface area contributed by atoms with Crippen LogP contribution in [-0.2, 0) is 37.0 Å². The summed E-state index contributed by atoms with van der Waals surface area (Å²) in [7, 11) is 18.5. The number of benzene rings is 1. The molecule has 1 aromatic rings. The smallest absolute Gasteiger partial charge is 0.339 e. The van der Waals surface area contributed by atoms with Gasteiger partial charge in [0.05, 0.1) is 33.2 Å². The van der Waals surface area contributed by atoms with Crippen molar-refractivity contribution in [3.8, 4) is 0 Å². The van der Waals surface area contributed by atoms with E-state index in [1.54, 1.807) is 0 Å². The monoisotopic (exact) mass is 414 g/mol. The molecule has 29 heavy (non-hydrogen) atoms. The zero-order valence-electron chi connectivity index (χ0n) is 15.2. The third kappa shape index (κ3) is 6.67. The average molecular weight is 414 g/mol. The number of carboxylic acids is 1. The summed E-state index contributed by atoms with van der Waals surface area (Å²) < 4.78 is 39.0. The van der Waals surface area contributed by atoms with Gasteiger partial charge in [-0.2, -0.15) is 8.42 Å². The Bertz CT molecular complexity index is 915. The van der Waals surface area contributed by atoms with Gasteiger partial charge in [0.2, 0.25) is 0 Å². The van der Waals surface area contributed by atoms with E-state index < -0.39 is 64.5 Å². The second kappa shape index (κ2) is 10.5. The SMILES string of the molecule is [B]Cc1c([B])c(C[B])c(C(=O)OCCC(=O)OCCS(=O)(=O)O)c(C(=O)O)c1[B]. The lowest BCUT2D eigenvalue weighted by Crippen LogP contribution is -2.36. The van der Waals surface area contributed by atoms with Crippen molar-refractivity contribution in [2.45, 2.75) is 19.1 Å². The Kier molecular flexibility index (Phi) is 9.03. The highest BCUT2D eigenvalue weighted by Gasteiger charge is 2.27. The van der Waals surface area contributed by atoms with Crippen molar-refractivity contribution in [2.75, 3.05) is 19.0 Å². The molecular weight excluding hydrogens is 399 g/mol. The minimum absolute atomic E-state index is 0.0159. The molecule has 0 saturated carbocycles. The fourth-order valence-electron chi connectivity index (χ4n) is 2.41. The summed E-state index contributed by atoms with van der Waals surface area (Å²) in [5, 5.41) is 9.45. The molecule has 0 aliphatic carbocycles. The third-order valence-corrected chi connectivity index (χ3v) is 4.45. The number of carbonyl (C=O) groups excluding carboxylic acids is 2. The first-order valence-electron chi connectivity index (χ1n) is 8.08. The predicted octanol–water partition coefficient (Wildman–Crippen LogP) is -2.71. The largest absolute Gasteiger partial charge is 0.478 e. The summed E-state index contributed by atoms with van der Waals surface area (Å²) in [5.41, 5.74) is -1.24. The van der Waals surface area contributed by atoms with Gasteiger partial charge in [-0.05, 0) is 5.56 Å². The summed E-state index contributed by atoms with van der Waals surface area (Å²) in [5.74, 6) is -4.35. The lowest BCUT2D eigenvalue weighted by Gasteiger charge is -2.21. The molecule has 2 N–H and O–H groups in total. The topological polar surface area (TPSA) is 144 Å². The number of esters is 2. The molecule has 0 aliphatic heterocycles. The molecule has 146 valence electrons. The van der Waals surface area contributed by atoms with Gasteiger partial charge in [0, 0.05) is 0 Å². The molecule has 1 aromatic carbocycles. The number of carboxylic acid groups (broad SMARTS) is 1. The molecule has 0 amide bonds. The van der Waals surface area contributed by atoms with Crippen LogP contribution >= 0.6 is 0 Å². The number of carbonyl (C=O) groups is 3. The van der Waals surface area contributed by atoms with Crippen LogP contribution in [0.3, 0.4) is 0 Å². The molecule has 0 saturated heterocycles. The van der Waals surface area contributed by atoms with Crippen LogP contribution < -0.4 is 10.9 Å². The molecule has 0 fully saturated rings. The van der Waals surface area contributed by atoms with Gasteiger partial charge in [-0.25, -0.2) is 9.59 Å². The van der Waals surface area contributed by atoms with Crippen LogP contribution in [0.4, 0.5) is 0 Å². The Morgan fingerprint density at radius 1 is 0.897 bits per heavy atom. The lowest BCUT2D eigenvalue weighted by atomic mass is 9.68. The number of rotatable bonds is 10. The van der Waals surface area contributed by atoms with Crippen molar-refractivity contribution < 1.29 is 41.9 Å². The number of ether oxygens (including phenoxy) is 2. The van der Waals surface area contributed by atoms with Gasteiger partial charge in [-0.15, -0.1) is 0 Å². The zero-order chi connectivity index (χ0) is 22.4. The summed E-state index contributed by atoms with van der Waals surface area (Å²) in [6, 6.07) is 0. The van der Waals surface area contributed by atoms with Crippen molar-refractivity contribution in [3.05, 3.63) is 22.3 Å². The molecular formula is C15H14B4O9S. The minimum Gasteiger partial charge on any atom is -0.478 e. The average Bonchev–Trinajstić information content (AvgIpc) is 2.60. The van der Waals surface area contributed by atoms with Gasteiger partial charge >= 0.3 is 17.9 Å². The van der Waals surface area contributed by atoms with E-state index in [1.165, 1.54) is 0 Å². The molecule has 9 nitrogen and oxygen atoms in total. The van der Waals surface area contributed by atoms with E-state index >= 15 is 0 Å². The minimum atomic E-state index is -4.29. The highest BCUT2D eigenvalue weighted by atomic mass is 32.2. The van der Waals surface area contributed by atoms with Gasteiger partial charge in [-0.3, -0.25) is 9.35 Å². The van der Waals surface area contributed by atoms with Crippen LogP contribution in [0.1, 0.15) is 38.3 Å². The molecule has 0 bridgehead atoms. The Balaban J connectivity index is 2.97. The summed E-state index contributed by atoms with van der Waals surface area (Å²) >= 11 is 0. The maximum absolute atomic E-state index is 12.4. The van der Waals surface area contributed by atoms with E-state index in [-0.39, 0.29) is 34.7 Å². The second-order valence-electron chi connectivity index (χ2n) is 5.64. The number of hydrogen-bond donors (Lipinski definition) is 2. The standard InChI is InChI=1S/C15H14B4O9S/c16-5-7-10(11(14(21)22)13(19)8(6-17)12(7)18)15(23)28-2-1-9(20)27-3-4-29(24,25)26/h1-6H2,(H,21,22)(H,24,25,26). The van der Waals surface area contributed by atoms with Crippen LogP contribution in [0.5, 0.6) is 0 Å². The van der Waals surface area contributed by atoms with Crippen molar-refractivity contribution in [2.24, 2.45) is 0 Å². The molecule has 0 aliphatic rings. The molecule has 0 unspecified atom stereocenters. The molecule has 0 aromatic heterocycles. The van der Waals surface area contributed by atoms with Crippen molar-refractivity contribution in [1.82, 2.24) is 0 Å². The van der Waals surface area contributed by atoms with Crippen LogP contribution in [0.2, 0.25) is 0 Å².